The Morgan fingerprint density at radius 3 is 2.25 bits per heavy atom. The number of nitrogens with one attached hydrogen (secondary N) is 1. The van der Waals surface area contributed by atoms with Crippen LogP contribution in [0.1, 0.15) is 115 Å². The number of aliphatic carboxylic acids is 1. The molecule has 2 N–H and O–H groups in total. The molecule has 2 amide bonds. The smallest absolute Gasteiger partial charge is 0.330 e. The lowest BCUT2D eigenvalue weighted by molar-refractivity contribution is -0.153. The van der Waals surface area contributed by atoms with Crippen molar-refractivity contribution >= 4 is 41.1 Å². The van der Waals surface area contributed by atoms with Gasteiger partial charge < -0.3 is 20.1 Å². The predicted molar refractivity (Wildman–Crippen MR) is 194 cm³/mol. The van der Waals surface area contributed by atoms with Crippen LogP contribution in [0.5, 0.6) is 0 Å². The summed E-state index contributed by atoms with van der Waals surface area (Å²) in [7, 11) is 0. The lowest BCUT2D eigenvalue weighted by Gasteiger charge is -2.35. The maximum Gasteiger partial charge on any atom is 0.330 e. The lowest BCUT2D eigenvalue weighted by Crippen LogP contribution is -2.48. The van der Waals surface area contributed by atoms with Crippen LogP contribution in [0.2, 0.25) is 0 Å². The van der Waals surface area contributed by atoms with Gasteiger partial charge in [-0.25, -0.2) is 4.79 Å². The van der Waals surface area contributed by atoms with Gasteiger partial charge >= 0.3 is 11.9 Å². The van der Waals surface area contributed by atoms with E-state index in [0.29, 0.717) is 31.4 Å². The van der Waals surface area contributed by atoms with Gasteiger partial charge in [-0.15, -0.1) is 6.58 Å². The zero-order chi connectivity index (χ0) is 37.8. The Bertz CT molecular complexity index is 1450. The summed E-state index contributed by atoms with van der Waals surface area (Å²) in [5.41, 5.74) is 0.374. The van der Waals surface area contributed by atoms with Crippen molar-refractivity contribution in [1.82, 2.24) is 10.2 Å². The van der Waals surface area contributed by atoms with Crippen molar-refractivity contribution in [3.8, 4) is 0 Å². The van der Waals surface area contributed by atoms with Gasteiger partial charge in [-0.1, -0.05) is 82.4 Å². The summed E-state index contributed by atoms with van der Waals surface area (Å²) < 4.78 is 5.49. The van der Waals surface area contributed by atoms with Gasteiger partial charge in [0.15, 0.2) is 17.6 Å². The number of carbonyl (C=O) groups excluding carboxylic acids is 6. The number of amides is 2. The highest BCUT2D eigenvalue weighted by Crippen LogP contribution is 2.40. The molecule has 2 saturated carbocycles. The van der Waals surface area contributed by atoms with E-state index < -0.39 is 59.8 Å². The molecule has 3 aliphatic rings. The number of carboxylic acid groups (broad SMARTS) is 1. The third-order valence-electron chi connectivity index (χ3n) is 10.8. The van der Waals surface area contributed by atoms with E-state index in [4.69, 9.17) is 4.74 Å². The first-order chi connectivity index (χ1) is 24.9. The van der Waals surface area contributed by atoms with E-state index in [0.717, 1.165) is 44.9 Å². The molecule has 1 saturated heterocycles. The Morgan fingerprint density at radius 2 is 1.63 bits per heavy atom. The Morgan fingerprint density at radius 1 is 0.942 bits per heavy atom. The summed E-state index contributed by atoms with van der Waals surface area (Å²) in [6.45, 7) is 8.40. The third-order valence-corrected chi connectivity index (χ3v) is 10.8. The molecular formula is C41H56N2O9. The third kappa shape index (κ3) is 11.7. The minimum Gasteiger partial charge on any atom is -0.479 e. The number of esters is 1. The fourth-order valence-corrected chi connectivity index (χ4v) is 7.85. The predicted octanol–water partition coefficient (Wildman–Crippen LogP) is 5.80. The molecule has 0 radical (unpaired) electrons. The van der Waals surface area contributed by atoms with Crippen molar-refractivity contribution in [2.75, 3.05) is 13.2 Å². The van der Waals surface area contributed by atoms with Crippen molar-refractivity contribution < 1.29 is 43.4 Å². The van der Waals surface area contributed by atoms with Gasteiger partial charge in [-0.3, -0.25) is 28.8 Å². The first kappa shape index (κ1) is 40.6. The quantitative estimate of drug-likeness (QED) is 0.0907. The summed E-state index contributed by atoms with van der Waals surface area (Å²) in [6.07, 6.45) is 8.65. The van der Waals surface area contributed by atoms with Crippen LogP contribution in [0.25, 0.3) is 0 Å². The fraction of sp³-hybridized carbons (Fsp3) is 0.634. The Balaban J connectivity index is 1.45. The average Bonchev–Trinajstić information content (AvgIpc) is 3.86. The topological polar surface area (TPSA) is 164 Å². The van der Waals surface area contributed by atoms with Gasteiger partial charge in [-0.05, 0) is 61.3 Å². The molecule has 52 heavy (non-hydrogen) atoms. The van der Waals surface area contributed by atoms with Crippen molar-refractivity contribution in [2.45, 2.75) is 116 Å². The van der Waals surface area contributed by atoms with E-state index in [9.17, 15) is 38.7 Å². The molecule has 4 rings (SSSR count). The fourth-order valence-electron chi connectivity index (χ4n) is 7.85. The number of rotatable bonds is 21. The molecule has 284 valence electrons. The monoisotopic (exact) mass is 720 g/mol. The average molecular weight is 721 g/mol. The Labute approximate surface area is 307 Å². The first-order valence-corrected chi connectivity index (χ1v) is 19.1. The second-order valence-corrected chi connectivity index (χ2v) is 15.4. The molecule has 2 aliphatic carbocycles. The largest absolute Gasteiger partial charge is 0.479 e. The molecule has 1 aromatic rings. The normalized spacial score (nSPS) is 20.8. The number of carboxylic acids is 1. The second-order valence-electron chi connectivity index (χ2n) is 15.4. The van der Waals surface area contributed by atoms with Crippen LogP contribution in [0.15, 0.2) is 43.0 Å². The molecule has 1 heterocycles. The van der Waals surface area contributed by atoms with Crippen LogP contribution in [-0.2, 0) is 38.3 Å². The highest BCUT2D eigenvalue weighted by Gasteiger charge is 2.46. The van der Waals surface area contributed by atoms with E-state index in [1.165, 1.54) is 0 Å². The summed E-state index contributed by atoms with van der Waals surface area (Å²) >= 11 is 0. The number of nitrogens with zero attached hydrogens (tertiary/aromatic N) is 1. The molecule has 0 spiro atoms. The van der Waals surface area contributed by atoms with Crippen molar-refractivity contribution in [2.24, 2.45) is 35.5 Å². The Hall–Kier alpha value is -4.15. The molecule has 0 bridgehead atoms. The number of ketones is 3. The minimum absolute atomic E-state index is 0.0135. The minimum atomic E-state index is -1.30. The molecular weight excluding hydrogens is 664 g/mol. The maximum atomic E-state index is 14.4. The number of likely N-dealkylation sites (tertiary alicyclic amines) is 1. The number of allylic oxidation sites excluding steroid dienone is 1. The van der Waals surface area contributed by atoms with Crippen LogP contribution >= 0.6 is 0 Å². The van der Waals surface area contributed by atoms with Gasteiger partial charge in [0.25, 0.3) is 0 Å². The van der Waals surface area contributed by atoms with Gasteiger partial charge in [0.2, 0.25) is 17.6 Å². The van der Waals surface area contributed by atoms with Crippen molar-refractivity contribution in [1.29, 1.82) is 0 Å². The van der Waals surface area contributed by atoms with Crippen LogP contribution in [-0.4, -0.2) is 70.3 Å². The SMILES string of the molecule is C=CC[C@H]1CCN(C(=O)[C@@H](CC(=O)OCC(C)C)C2CCCCC2)[C@@H]1C(=O)CC(CC1CC1)C(=O)C(=O)CCC(=O)N[C@H](C(=O)O)c1ccccc1. The maximum absolute atomic E-state index is 14.4. The van der Waals surface area contributed by atoms with Crippen LogP contribution in [0, 0.1) is 35.5 Å². The number of ether oxygens (including phenoxy) is 1. The van der Waals surface area contributed by atoms with Gasteiger partial charge in [0, 0.05) is 31.7 Å². The van der Waals surface area contributed by atoms with Crippen molar-refractivity contribution in [3.63, 3.8) is 0 Å². The summed E-state index contributed by atoms with van der Waals surface area (Å²) in [5.74, 6) is -5.62. The number of Topliss-reactive ketones (excluding diaryl/α,β-unsaturated/α-hetero) is 3. The van der Waals surface area contributed by atoms with E-state index in [1.54, 1.807) is 41.3 Å². The molecule has 5 atom stereocenters. The van der Waals surface area contributed by atoms with Crippen LogP contribution in [0.4, 0.5) is 0 Å². The number of hydrogen-bond donors (Lipinski definition) is 2. The molecule has 0 aromatic heterocycles. The number of carbonyl (C=O) groups is 7. The van der Waals surface area contributed by atoms with E-state index >= 15 is 0 Å². The van der Waals surface area contributed by atoms with Crippen LogP contribution in [0.3, 0.4) is 0 Å². The van der Waals surface area contributed by atoms with Crippen LogP contribution < -0.4 is 5.32 Å². The molecule has 1 aliphatic heterocycles. The van der Waals surface area contributed by atoms with Gasteiger partial charge in [0.05, 0.1) is 25.0 Å². The zero-order valence-electron chi connectivity index (χ0n) is 30.8. The first-order valence-electron chi connectivity index (χ1n) is 19.1. The van der Waals surface area contributed by atoms with Crippen molar-refractivity contribution in [3.05, 3.63) is 48.6 Å². The zero-order valence-corrected chi connectivity index (χ0v) is 30.8. The molecule has 1 aromatic carbocycles. The summed E-state index contributed by atoms with van der Waals surface area (Å²) in [6, 6.07) is 6.07. The van der Waals surface area contributed by atoms with Gasteiger partial charge in [0.1, 0.15) is 0 Å². The Kier molecular flexibility index (Phi) is 15.3. The number of benzene rings is 1. The molecule has 11 heteroatoms. The van der Waals surface area contributed by atoms with E-state index in [2.05, 4.69) is 11.9 Å². The standard InChI is InChI=1S/C41H56N2O9/c1-4-11-30-20-21-43(40(49)32(28-12-7-5-8-13-28)24-36(47)52-25-26(2)3)38(30)34(45)23-31(22-27-16-17-27)39(48)33(44)18-19-35(46)42-37(41(50)51)29-14-9-6-10-15-29/h4,6,9-10,14-15,26-28,30-32,37-38H,1,5,7-8,11-13,16-25H2,2-3H3,(H,42,46)(H,50,51)/t30-,31?,32-,37-,38-/m0/s1. The second kappa shape index (κ2) is 19.6. The van der Waals surface area contributed by atoms with E-state index in [1.807, 2.05) is 13.8 Å². The summed E-state index contributed by atoms with van der Waals surface area (Å²) in [5, 5.41) is 12.1. The molecule has 3 fully saturated rings. The highest BCUT2D eigenvalue weighted by atomic mass is 16.5. The molecule has 11 nitrogen and oxygen atoms in total. The lowest BCUT2D eigenvalue weighted by atomic mass is 9.77. The summed E-state index contributed by atoms with van der Waals surface area (Å²) in [4.78, 5) is 94.6. The van der Waals surface area contributed by atoms with Gasteiger partial charge in [-0.2, -0.15) is 0 Å². The number of hydrogen-bond acceptors (Lipinski definition) is 8. The van der Waals surface area contributed by atoms with E-state index in [-0.39, 0.29) is 61.2 Å². The highest BCUT2D eigenvalue weighted by molar-refractivity contribution is 6.38. The molecule has 1 unspecified atom stereocenters.